The van der Waals surface area contributed by atoms with Gasteiger partial charge in [-0.2, -0.15) is 0 Å². The van der Waals surface area contributed by atoms with Crippen molar-refractivity contribution in [2.45, 2.75) is 13.1 Å². The molecule has 2 rings (SSSR count). The summed E-state index contributed by atoms with van der Waals surface area (Å²) in [6.45, 7) is 0.960. The van der Waals surface area contributed by atoms with Crippen molar-refractivity contribution < 1.29 is 9.18 Å². The first-order valence-corrected chi connectivity index (χ1v) is 6.64. The van der Waals surface area contributed by atoms with Crippen LogP contribution in [0.5, 0.6) is 0 Å². The monoisotopic (exact) mass is 287 g/mol. The fourth-order valence-corrected chi connectivity index (χ4v) is 1.91. The highest BCUT2D eigenvalue weighted by molar-refractivity contribution is 5.89. The number of anilines is 1. The molecular formula is C16H18FN3O. The topological polar surface area (TPSA) is 58.4 Å². The standard InChI is InChI=1S/C16H18FN3O/c1-20(11-13-7-5-12(10-18)6-8-13)16(21)19-15-4-2-3-14(17)9-15/h2-9H,10-11,18H2,1H3,(H,19,21). The summed E-state index contributed by atoms with van der Waals surface area (Å²) in [4.78, 5) is 13.6. The Morgan fingerprint density at radius 3 is 2.48 bits per heavy atom. The van der Waals surface area contributed by atoms with Gasteiger partial charge in [-0.3, -0.25) is 0 Å². The van der Waals surface area contributed by atoms with Crippen molar-refractivity contribution in [1.29, 1.82) is 0 Å². The molecule has 0 saturated carbocycles. The van der Waals surface area contributed by atoms with Gasteiger partial charge >= 0.3 is 6.03 Å². The van der Waals surface area contributed by atoms with Crippen LogP contribution in [-0.4, -0.2) is 18.0 Å². The second-order valence-corrected chi connectivity index (χ2v) is 4.82. The number of urea groups is 1. The van der Waals surface area contributed by atoms with Gasteiger partial charge in [0.05, 0.1) is 0 Å². The largest absolute Gasteiger partial charge is 0.326 e. The van der Waals surface area contributed by atoms with Gasteiger partial charge in [-0.25, -0.2) is 9.18 Å². The molecule has 0 atom stereocenters. The Hall–Kier alpha value is -2.40. The number of benzene rings is 2. The van der Waals surface area contributed by atoms with Gasteiger partial charge in [0.15, 0.2) is 0 Å². The SMILES string of the molecule is CN(Cc1ccc(CN)cc1)C(=O)Nc1cccc(F)c1. The number of nitrogens with zero attached hydrogens (tertiary/aromatic N) is 1. The molecule has 0 heterocycles. The number of halogens is 1. The number of rotatable bonds is 4. The number of hydrogen-bond donors (Lipinski definition) is 2. The maximum absolute atomic E-state index is 13.1. The van der Waals surface area contributed by atoms with Crippen molar-refractivity contribution in [2.75, 3.05) is 12.4 Å². The lowest BCUT2D eigenvalue weighted by Gasteiger charge is -2.18. The molecule has 110 valence electrons. The average molecular weight is 287 g/mol. The highest BCUT2D eigenvalue weighted by Crippen LogP contribution is 2.11. The van der Waals surface area contributed by atoms with Gasteiger partial charge in [0, 0.05) is 25.8 Å². The van der Waals surface area contributed by atoms with E-state index in [1.807, 2.05) is 24.3 Å². The Morgan fingerprint density at radius 1 is 1.19 bits per heavy atom. The number of nitrogens with one attached hydrogen (secondary N) is 1. The van der Waals surface area contributed by atoms with Crippen molar-refractivity contribution in [1.82, 2.24) is 4.90 Å². The van der Waals surface area contributed by atoms with E-state index in [4.69, 9.17) is 5.73 Å². The molecule has 0 aliphatic carbocycles. The molecule has 2 aromatic carbocycles. The zero-order valence-corrected chi connectivity index (χ0v) is 11.8. The molecule has 0 fully saturated rings. The van der Waals surface area contributed by atoms with Crippen LogP contribution in [0.3, 0.4) is 0 Å². The Morgan fingerprint density at radius 2 is 1.86 bits per heavy atom. The summed E-state index contributed by atoms with van der Waals surface area (Å²) in [5.74, 6) is -0.382. The van der Waals surface area contributed by atoms with Crippen molar-refractivity contribution in [2.24, 2.45) is 5.73 Å². The Balaban J connectivity index is 1.95. The lowest BCUT2D eigenvalue weighted by molar-refractivity contribution is 0.220. The van der Waals surface area contributed by atoms with E-state index in [1.54, 1.807) is 19.2 Å². The minimum atomic E-state index is -0.382. The lowest BCUT2D eigenvalue weighted by Crippen LogP contribution is -2.30. The maximum Gasteiger partial charge on any atom is 0.321 e. The molecule has 21 heavy (non-hydrogen) atoms. The van der Waals surface area contributed by atoms with Gasteiger partial charge in [-0.05, 0) is 29.3 Å². The summed E-state index contributed by atoms with van der Waals surface area (Å²) >= 11 is 0. The van der Waals surface area contributed by atoms with Gasteiger partial charge in [0.2, 0.25) is 0 Å². The summed E-state index contributed by atoms with van der Waals surface area (Å²) in [6.07, 6.45) is 0. The van der Waals surface area contributed by atoms with E-state index in [0.29, 0.717) is 18.8 Å². The number of carbonyl (C=O) groups is 1. The van der Waals surface area contributed by atoms with Crippen LogP contribution in [-0.2, 0) is 13.1 Å². The van der Waals surface area contributed by atoms with Crippen molar-refractivity contribution in [3.63, 3.8) is 0 Å². The summed E-state index contributed by atoms with van der Waals surface area (Å²) in [5, 5.41) is 2.65. The third kappa shape index (κ3) is 4.29. The molecular weight excluding hydrogens is 269 g/mol. The van der Waals surface area contributed by atoms with Gasteiger partial charge in [0.1, 0.15) is 5.82 Å². The molecule has 0 aliphatic rings. The van der Waals surface area contributed by atoms with E-state index < -0.39 is 0 Å². The van der Waals surface area contributed by atoms with Gasteiger partial charge in [-0.15, -0.1) is 0 Å². The maximum atomic E-state index is 13.1. The van der Waals surface area contributed by atoms with E-state index in [9.17, 15) is 9.18 Å². The minimum Gasteiger partial charge on any atom is -0.326 e. The Labute approximate surface area is 123 Å². The van der Waals surface area contributed by atoms with Crippen LogP contribution in [0, 0.1) is 5.82 Å². The minimum absolute atomic E-state index is 0.288. The predicted octanol–water partition coefficient (Wildman–Crippen LogP) is 2.95. The number of amides is 2. The first-order chi connectivity index (χ1) is 10.1. The second kappa shape index (κ2) is 6.85. The van der Waals surface area contributed by atoms with Crippen LogP contribution in [0.1, 0.15) is 11.1 Å². The van der Waals surface area contributed by atoms with Crippen molar-refractivity contribution in [3.05, 3.63) is 65.5 Å². The first-order valence-electron chi connectivity index (χ1n) is 6.64. The number of nitrogens with two attached hydrogens (primary N) is 1. The van der Waals surface area contributed by atoms with Gasteiger partial charge in [-0.1, -0.05) is 30.3 Å². The molecule has 3 N–H and O–H groups in total. The van der Waals surface area contributed by atoms with Gasteiger partial charge in [0.25, 0.3) is 0 Å². The average Bonchev–Trinajstić information content (AvgIpc) is 2.48. The van der Waals surface area contributed by atoms with Crippen LogP contribution >= 0.6 is 0 Å². The van der Waals surface area contributed by atoms with Crippen molar-refractivity contribution in [3.8, 4) is 0 Å². The van der Waals surface area contributed by atoms with E-state index in [0.717, 1.165) is 11.1 Å². The number of carbonyl (C=O) groups excluding carboxylic acids is 1. The van der Waals surface area contributed by atoms with E-state index in [-0.39, 0.29) is 11.8 Å². The quantitative estimate of drug-likeness (QED) is 0.908. The molecule has 2 amide bonds. The lowest BCUT2D eigenvalue weighted by atomic mass is 10.1. The van der Waals surface area contributed by atoms with Crippen LogP contribution < -0.4 is 11.1 Å². The summed E-state index contributed by atoms with van der Waals surface area (Å²) in [7, 11) is 1.69. The smallest absolute Gasteiger partial charge is 0.321 e. The molecule has 0 aliphatic heterocycles. The summed E-state index contributed by atoms with van der Waals surface area (Å²) < 4.78 is 13.1. The summed E-state index contributed by atoms with van der Waals surface area (Å²) in [5.41, 5.74) is 8.03. The Bertz CT molecular complexity index is 613. The molecule has 0 unspecified atom stereocenters. The second-order valence-electron chi connectivity index (χ2n) is 4.82. The van der Waals surface area contributed by atoms with E-state index in [2.05, 4.69) is 5.32 Å². The molecule has 4 nitrogen and oxygen atoms in total. The molecule has 0 radical (unpaired) electrons. The van der Waals surface area contributed by atoms with Crippen molar-refractivity contribution >= 4 is 11.7 Å². The highest BCUT2D eigenvalue weighted by Gasteiger charge is 2.09. The molecule has 0 bridgehead atoms. The summed E-state index contributed by atoms with van der Waals surface area (Å²) in [6, 6.07) is 13.3. The zero-order valence-electron chi connectivity index (χ0n) is 11.8. The van der Waals surface area contributed by atoms with Crippen LogP contribution in [0.4, 0.5) is 14.9 Å². The van der Waals surface area contributed by atoms with Crippen LogP contribution in [0.25, 0.3) is 0 Å². The molecule has 0 saturated heterocycles. The third-order valence-corrected chi connectivity index (χ3v) is 3.10. The molecule has 2 aromatic rings. The van der Waals surface area contributed by atoms with E-state index in [1.165, 1.54) is 17.0 Å². The molecule has 5 heteroatoms. The predicted molar refractivity (Wildman–Crippen MR) is 81.2 cm³/mol. The van der Waals surface area contributed by atoms with Crippen LogP contribution in [0.2, 0.25) is 0 Å². The normalized spacial score (nSPS) is 10.2. The highest BCUT2D eigenvalue weighted by atomic mass is 19.1. The zero-order chi connectivity index (χ0) is 15.2. The third-order valence-electron chi connectivity index (χ3n) is 3.10. The fourth-order valence-electron chi connectivity index (χ4n) is 1.91. The van der Waals surface area contributed by atoms with Gasteiger partial charge < -0.3 is 16.0 Å². The first kappa shape index (κ1) is 15.0. The molecule has 0 aromatic heterocycles. The molecule has 0 spiro atoms. The Kier molecular flexibility index (Phi) is 4.90. The van der Waals surface area contributed by atoms with E-state index >= 15 is 0 Å². The fraction of sp³-hybridized carbons (Fsp3) is 0.188. The number of hydrogen-bond acceptors (Lipinski definition) is 2. The van der Waals surface area contributed by atoms with Crippen LogP contribution in [0.15, 0.2) is 48.5 Å².